The van der Waals surface area contributed by atoms with E-state index in [0.29, 0.717) is 5.02 Å². The topological polar surface area (TPSA) is 20.2 Å². The largest absolute Gasteiger partial charge is 0.506 e. The standard InChI is InChI=1S/C11H12Cl2O/c1-4-6(2)10-7(3)8(12)5-9(13)11(10)14/h4-6,14H,1H2,2-3H3. The normalized spacial score (nSPS) is 12.6. The summed E-state index contributed by atoms with van der Waals surface area (Å²) in [5.74, 6) is 0.132. The fraction of sp³-hybridized carbons (Fsp3) is 0.273. The molecule has 0 amide bonds. The van der Waals surface area contributed by atoms with Gasteiger partial charge in [0.2, 0.25) is 0 Å². The van der Waals surface area contributed by atoms with Crippen molar-refractivity contribution in [1.29, 1.82) is 0 Å². The van der Waals surface area contributed by atoms with Crippen LogP contribution in [0.5, 0.6) is 5.75 Å². The van der Waals surface area contributed by atoms with Crippen molar-refractivity contribution < 1.29 is 5.11 Å². The summed E-state index contributed by atoms with van der Waals surface area (Å²) in [6, 6.07) is 1.55. The van der Waals surface area contributed by atoms with Gasteiger partial charge in [0, 0.05) is 16.5 Å². The lowest BCUT2D eigenvalue weighted by Crippen LogP contribution is -1.95. The molecule has 0 aliphatic carbocycles. The summed E-state index contributed by atoms with van der Waals surface area (Å²) < 4.78 is 0. The van der Waals surface area contributed by atoms with Crippen LogP contribution in [0.15, 0.2) is 18.7 Å². The fourth-order valence-corrected chi connectivity index (χ4v) is 1.88. The molecule has 0 spiro atoms. The molecule has 76 valence electrons. The zero-order valence-corrected chi connectivity index (χ0v) is 9.65. The third-order valence-electron chi connectivity index (χ3n) is 2.31. The number of aromatic hydroxyl groups is 1. The summed E-state index contributed by atoms with van der Waals surface area (Å²) in [6.07, 6.45) is 1.74. The Bertz CT molecular complexity index is 346. The molecule has 1 N–H and O–H groups in total. The molecular formula is C11H12Cl2O. The molecule has 0 heterocycles. The van der Waals surface area contributed by atoms with Crippen LogP contribution in [-0.2, 0) is 0 Å². The van der Waals surface area contributed by atoms with Crippen molar-refractivity contribution in [3.05, 3.63) is 39.9 Å². The lowest BCUT2D eigenvalue weighted by atomic mass is 9.95. The zero-order valence-electron chi connectivity index (χ0n) is 8.14. The molecule has 1 unspecified atom stereocenters. The van der Waals surface area contributed by atoms with Gasteiger partial charge >= 0.3 is 0 Å². The number of rotatable bonds is 2. The van der Waals surface area contributed by atoms with Crippen LogP contribution < -0.4 is 0 Å². The minimum Gasteiger partial charge on any atom is -0.506 e. The molecule has 1 atom stereocenters. The minimum atomic E-state index is 0.0335. The first-order valence-corrected chi connectivity index (χ1v) is 5.04. The molecule has 3 heteroatoms. The highest BCUT2D eigenvalue weighted by Gasteiger charge is 2.16. The Morgan fingerprint density at radius 2 is 2.00 bits per heavy atom. The van der Waals surface area contributed by atoms with Gasteiger partial charge < -0.3 is 5.11 Å². The van der Waals surface area contributed by atoms with Gasteiger partial charge in [-0.2, -0.15) is 0 Å². The summed E-state index contributed by atoms with van der Waals surface area (Å²) in [7, 11) is 0. The fourth-order valence-electron chi connectivity index (χ4n) is 1.40. The van der Waals surface area contributed by atoms with E-state index in [4.69, 9.17) is 23.2 Å². The van der Waals surface area contributed by atoms with Gasteiger partial charge in [0.1, 0.15) is 5.75 Å². The van der Waals surface area contributed by atoms with Crippen LogP contribution in [0.25, 0.3) is 0 Å². The first-order valence-electron chi connectivity index (χ1n) is 4.29. The lowest BCUT2D eigenvalue weighted by molar-refractivity contribution is 0.466. The van der Waals surface area contributed by atoms with Crippen LogP contribution >= 0.6 is 23.2 Å². The maximum atomic E-state index is 9.77. The molecule has 0 saturated carbocycles. The zero-order chi connectivity index (χ0) is 10.9. The van der Waals surface area contributed by atoms with Crippen LogP contribution in [-0.4, -0.2) is 5.11 Å². The predicted molar refractivity (Wildman–Crippen MR) is 61.5 cm³/mol. The summed E-state index contributed by atoms with van der Waals surface area (Å²) in [4.78, 5) is 0. The van der Waals surface area contributed by atoms with Gasteiger partial charge in [0.15, 0.2) is 0 Å². The van der Waals surface area contributed by atoms with E-state index in [2.05, 4.69) is 6.58 Å². The van der Waals surface area contributed by atoms with Crippen molar-refractivity contribution in [2.45, 2.75) is 19.8 Å². The smallest absolute Gasteiger partial charge is 0.138 e. The first kappa shape index (κ1) is 11.4. The summed E-state index contributed by atoms with van der Waals surface area (Å²) in [5, 5.41) is 10.6. The maximum Gasteiger partial charge on any atom is 0.138 e. The van der Waals surface area contributed by atoms with E-state index in [-0.39, 0.29) is 16.7 Å². The number of benzene rings is 1. The van der Waals surface area contributed by atoms with Gasteiger partial charge in [0.25, 0.3) is 0 Å². The second-order valence-corrected chi connectivity index (χ2v) is 4.07. The number of phenolic OH excluding ortho intramolecular Hbond substituents is 1. The minimum absolute atomic E-state index is 0.0335. The summed E-state index contributed by atoms with van der Waals surface area (Å²) >= 11 is 11.8. The molecular weight excluding hydrogens is 219 g/mol. The Kier molecular flexibility index (Phi) is 3.46. The molecule has 1 aromatic carbocycles. The SMILES string of the molecule is C=CC(C)c1c(C)c(Cl)cc(Cl)c1O. The molecule has 0 aliphatic rings. The molecule has 0 aliphatic heterocycles. The van der Waals surface area contributed by atoms with E-state index in [0.717, 1.165) is 11.1 Å². The van der Waals surface area contributed by atoms with Crippen LogP contribution in [0.1, 0.15) is 24.0 Å². The molecule has 1 rings (SSSR count). The molecule has 0 fully saturated rings. The van der Waals surface area contributed by atoms with E-state index < -0.39 is 0 Å². The van der Waals surface area contributed by atoms with Crippen LogP contribution in [0.3, 0.4) is 0 Å². The summed E-state index contributed by atoms with van der Waals surface area (Å²) in [5.41, 5.74) is 1.60. The average molecular weight is 231 g/mol. The van der Waals surface area contributed by atoms with E-state index in [9.17, 15) is 5.11 Å². The predicted octanol–water partition coefficient (Wildman–Crippen LogP) is 4.30. The van der Waals surface area contributed by atoms with Crippen molar-refractivity contribution in [2.24, 2.45) is 0 Å². The highest BCUT2D eigenvalue weighted by molar-refractivity contribution is 6.36. The highest BCUT2D eigenvalue weighted by atomic mass is 35.5. The third kappa shape index (κ3) is 1.89. The monoisotopic (exact) mass is 230 g/mol. The van der Waals surface area contributed by atoms with Crippen molar-refractivity contribution in [3.8, 4) is 5.75 Å². The lowest BCUT2D eigenvalue weighted by Gasteiger charge is -2.15. The average Bonchev–Trinajstić information content (AvgIpc) is 2.15. The van der Waals surface area contributed by atoms with E-state index >= 15 is 0 Å². The molecule has 0 bridgehead atoms. The van der Waals surface area contributed by atoms with E-state index in [1.807, 2.05) is 13.8 Å². The Labute approximate surface area is 94.0 Å². The Hall–Kier alpha value is -0.660. The van der Waals surface area contributed by atoms with Gasteiger partial charge in [-0.05, 0) is 18.6 Å². The van der Waals surface area contributed by atoms with Crippen LogP contribution in [0.2, 0.25) is 10.0 Å². The number of hydrogen-bond acceptors (Lipinski definition) is 1. The molecule has 0 radical (unpaired) electrons. The maximum absolute atomic E-state index is 9.77. The van der Waals surface area contributed by atoms with Gasteiger partial charge in [-0.25, -0.2) is 0 Å². The van der Waals surface area contributed by atoms with Crippen LogP contribution in [0, 0.1) is 6.92 Å². The second-order valence-electron chi connectivity index (χ2n) is 3.25. The van der Waals surface area contributed by atoms with Gasteiger partial charge in [-0.15, -0.1) is 6.58 Å². The van der Waals surface area contributed by atoms with Crippen LogP contribution in [0.4, 0.5) is 0 Å². The van der Waals surface area contributed by atoms with E-state index in [1.54, 1.807) is 12.1 Å². The Morgan fingerprint density at radius 1 is 1.43 bits per heavy atom. The third-order valence-corrected chi connectivity index (χ3v) is 2.99. The second kappa shape index (κ2) is 4.24. The van der Waals surface area contributed by atoms with Gasteiger partial charge in [-0.1, -0.05) is 36.2 Å². The molecule has 0 aromatic heterocycles. The number of hydrogen-bond donors (Lipinski definition) is 1. The van der Waals surface area contributed by atoms with Crippen molar-refractivity contribution in [1.82, 2.24) is 0 Å². The van der Waals surface area contributed by atoms with Crippen molar-refractivity contribution in [2.75, 3.05) is 0 Å². The molecule has 0 saturated heterocycles. The Morgan fingerprint density at radius 3 is 2.50 bits per heavy atom. The molecule has 14 heavy (non-hydrogen) atoms. The number of phenols is 1. The number of halogens is 2. The summed E-state index contributed by atoms with van der Waals surface area (Å²) in [6.45, 7) is 7.47. The van der Waals surface area contributed by atoms with Crippen molar-refractivity contribution >= 4 is 23.2 Å². The van der Waals surface area contributed by atoms with Gasteiger partial charge in [0.05, 0.1) is 5.02 Å². The molecule has 1 aromatic rings. The van der Waals surface area contributed by atoms with Crippen molar-refractivity contribution in [3.63, 3.8) is 0 Å². The quantitative estimate of drug-likeness (QED) is 0.752. The highest BCUT2D eigenvalue weighted by Crippen LogP contribution is 2.39. The number of allylic oxidation sites excluding steroid dienone is 1. The Balaban J connectivity index is 3.46. The molecule has 1 nitrogen and oxygen atoms in total. The van der Waals surface area contributed by atoms with Gasteiger partial charge in [-0.3, -0.25) is 0 Å². The van der Waals surface area contributed by atoms with E-state index in [1.165, 1.54) is 0 Å². The first-order chi connectivity index (χ1) is 6.49.